The van der Waals surface area contributed by atoms with Crippen LogP contribution < -0.4 is 0 Å². The fraction of sp³-hybridized carbons (Fsp3) is 0.412. The molecule has 0 amide bonds. The molecule has 0 radical (unpaired) electrons. The molecule has 6 heteroatoms. The third-order valence-electron chi connectivity index (χ3n) is 3.52. The Kier molecular flexibility index (Phi) is 5.62. The van der Waals surface area contributed by atoms with Gasteiger partial charge in [0.1, 0.15) is 12.2 Å². The van der Waals surface area contributed by atoms with Crippen LogP contribution in [0.25, 0.3) is 0 Å². The molecule has 6 nitrogen and oxygen atoms in total. The topological polar surface area (TPSA) is 93.1 Å². The SMILES string of the molecule is C[C@@H](C[C@H]1CC=CC(=O)O1)OC(=O)CCc1ccc(O)c(O)c1. The van der Waals surface area contributed by atoms with Gasteiger partial charge in [-0.3, -0.25) is 4.79 Å². The van der Waals surface area contributed by atoms with Crippen LogP contribution in [0.15, 0.2) is 30.4 Å². The van der Waals surface area contributed by atoms with Crippen molar-refractivity contribution in [3.63, 3.8) is 0 Å². The van der Waals surface area contributed by atoms with Gasteiger partial charge in [0, 0.05) is 25.3 Å². The summed E-state index contributed by atoms with van der Waals surface area (Å²) >= 11 is 0. The van der Waals surface area contributed by atoms with E-state index in [1.54, 1.807) is 19.1 Å². The molecule has 0 aliphatic carbocycles. The number of phenols is 2. The van der Waals surface area contributed by atoms with Crippen molar-refractivity contribution < 1.29 is 29.3 Å². The van der Waals surface area contributed by atoms with Gasteiger partial charge in [0.2, 0.25) is 0 Å². The molecule has 0 spiro atoms. The molecule has 0 aromatic heterocycles. The van der Waals surface area contributed by atoms with E-state index in [2.05, 4.69) is 0 Å². The number of carbonyl (C=O) groups excluding carboxylic acids is 2. The van der Waals surface area contributed by atoms with Crippen LogP contribution in [-0.4, -0.2) is 34.4 Å². The summed E-state index contributed by atoms with van der Waals surface area (Å²) in [5.41, 5.74) is 0.733. The largest absolute Gasteiger partial charge is 0.504 e. The molecule has 1 aromatic rings. The predicted molar refractivity (Wildman–Crippen MR) is 81.9 cm³/mol. The van der Waals surface area contributed by atoms with Crippen LogP contribution in [0, 0.1) is 0 Å². The maximum atomic E-state index is 11.8. The number of hydrogen-bond donors (Lipinski definition) is 2. The van der Waals surface area contributed by atoms with Crippen molar-refractivity contribution in [3.8, 4) is 11.5 Å². The third kappa shape index (κ3) is 5.32. The molecule has 1 aliphatic rings. The molecule has 2 N–H and O–H groups in total. The van der Waals surface area contributed by atoms with E-state index in [9.17, 15) is 19.8 Å². The Morgan fingerprint density at radius 3 is 2.87 bits per heavy atom. The molecule has 2 atom stereocenters. The first-order chi connectivity index (χ1) is 10.9. The van der Waals surface area contributed by atoms with Crippen molar-refractivity contribution >= 4 is 11.9 Å². The van der Waals surface area contributed by atoms with Gasteiger partial charge < -0.3 is 19.7 Å². The second-order valence-corrected chi connectivity index (χ2v) is 5.56. The predicted octanol–water partition coefficient (Wildman–Crippen LogP) is 2.22. The maximum absolute atomic E-state index is 11.8. The summed E-state index contributed by atoms with van der Waals surface area (Å²) in [6.07, 6.45) is 4.19. The van der Waals surface area contributed by atoms with Gasteiger partial charge >= 0.3 is 11.9 Å². The average Bonchev–Trinajstić information content (AvgIpc) is 2.48. The number of aromatic hydroxyl groups is 2. The van der Waals surface area contributed by atoms with E-state index in [1.807, 2.05) is 0 Å². The van der Waals surface area contributed by atoms with Gasteiger partial charge in [-0.2, -0.15) is 0 Å². The third-order valence-corrected chi connectivity index (χ3v) is 3.52. The van der Waals surface area contributed by atoms with Gasteiger partial charge in [0.25, 0.3) is 0 Å². The molecule has 0 saturated heterocycles. The zero-order valence-electron chi connectivity index (χ0n) is 12.9. The lowest BCUT2D eigenvalue weighted by Gasteiger charge is -2.22. The zero-order chi connectivity index (χ0) is 16.8. The van der Waals surface area contributed by atoms with E-state index in [0.717, 1.165) is 5.56 Å². The number of esters is 2. The molecule has 2 rings (SSSR count). The fourth-order valence-corrected chi connectivity index (χ4v) is 2.38. The number of phenolic OH excluding ortho intramolecular Hbond substituents is 2. The monoisotopic (exact) mass is 320 g/mol. The molecule has 1 heterocycles. The molecule has 0 bridgehead atoms. The molecule has 1 aliphatic heterocycles. The van der Waals surface area contributed by atoms with Gasteiger partial charge in [-0.15, -0.1) is 0 Å². The smallest absolute Gasteiger partial charge is 0.330 e. The summed E-state index contributed by atoms with van der Waals surface area (Å²) < 4.78 is 10.4. The maximum Gasteiger partial charge on any atom is 0.330 e. The number of cyclic esters (lactones) is 1. The minimum atomic E-state index is -0.369. The number of rotatable bonds is 6. The van der Waals surface area contributed by atoms with Crippen LogP contribution in [0.2, 0.25) is 0 Å². The van der Waals surface area contributed by atoms with Crippen LogP contribution in [0.4, 0.5) is 0 Å². The number of ether oxygens (including phenoxy) is 2. The summed E-state index contributed by atoms with van der Waals surface area (Å²) in [5, 5.41) is 18.6. The van der Waals surface area contributed by atoms with Crippen molar-refractivity contribution in [2.45, 2.75) is 44.8 Å². The number of benzene rings is 1. The minimum Gasteiger partial charge on any atom is -0.504 e. The van der Waals surface area contributed by atoms with Crippen molar-refractivity contribution in [2.75, 3.05) is 0 Å². The molecule has 124 valence electrons. The standard InChI is InChI=1S/C17H20O6/c1-11(9-13-3-2-4-16(20)23-13)22-17(21)8-6-12-5-7-14(18)15(19)10-12/h2,4-5,7,10-11,13,18-19H,3,6,8-9H2,1H3/t11-,13+/m0/s1. The Balaban J connectivity index is 1.74. The average molecular weight is 320 g/mol. The second kappa shape index (κ2) is 7.67. The van der Waals surface area contributed by atoms with E-state index >= 15 is 0 Å². The van der Waals surface area contributed by atoms with Gasteiger partial charge in [-0.05, 0) is 31.0 Å². The van der Waals surface area contributed by atoms with E-state index in [4.69, 9.17) is 9.47 Å². The van der Waals surface area contributed by atoms with Gasteiger partial charge in [0.05, 0.1) is 0 Å². The highest BCUT2D eigenvalue weighted by Gasteiger charge is 2.20. The molecular weight excluding hydrogens is 300 g/mol. The lowest BCUT2D eigenvalue weighted by Crippen LogP contribution is -2.26. The van der Waals surface area contributed by atoms with E-state index in [-0.39, 0.29) is 42.1 Å². The van der Waals surface area contributed by atoms with Gasteiger partial charge in [0.15, 0.2) is 11.5 Å². The quantitative estimate of drug-likeness (QED) is 0.617. The number of carbonyl (C=O) groups is 2. The molecule has 23 heavy (non-hydrogen) atoms. The van der Waals surface area contributed by atoms with Crippen molar-refractivity contribution in [3.05, 3.63) is 35.9 Å². The highest BCUT2D eigenvalue weighted by Crippen LogP contribution is 2.25. The Hall–Kier alpha value is -2.50. The van der Waals surface area contributed by atoms with Crippen molar-refractivity contribution in [1.29, 1.82) is 0 Å². The normalized spacial score (nSPS) is 18.3. The van der Waals surface area contributed by atoms with Crippen molar-refractivity contribution in [1.82, 2.24) is 0 Å². The highest BCUT2D eigenvalue weighted by atomic mass is 16.6. The lowest BCUT2D eigenvalue weighted by atomic mass is 10.1. The summed E-state index contributed by atoms with van der Waals surface area (Å²) in [5.74, 6) is -1.13. The van der Waals surface area contributed by atoms with Gasteiger partial charge in [-0.1, -0.05) is 12.1 Å². The minimum absolute atomic E-state index is 0.166. The summed E-state index contributed by atoms with van der Waals surface area (Å²) in [6, 6.07) is 4.43. The van der Waals surface area contributed by atoms with Crippen LogP contribution in [0.1, 0.15) is 31.7 Å². The van der Waals surface area contributed by atoms with Crippen LogP contribution in [-0.2, 0) is 25.5 Å². The first kappa shape index (κ1) is 16.9. The van der Waals surface area contributed by atoms with Crippen LogP contribution in [0.3, 0.4) is 0 Å². The van der Waals surface area contributed by atoms with Gasteiger partial charge in [-0.25, -0.2) is 4.79 Å². The Morgan fingerprint density at radius 2 is 2.17 bits per heavy atom. The first-order valence-corrected chi connectivity index (χ1v) is 7.51. The van der Waals surface area contributed by atoms with E-state index in [0.29, 0.717) is 19.3 Å². The molecule has 1 aromatic carbocycles. The molecule has 0 fully saturated rings. The van der Waals surface area contributed by atoms with Crippen molar-refractivity contribution in [2.24, 2.45) is 0 Å². The Labute approximate surface area is 134 Å². The van der Waals surface area contributed by atoms with Crippen LogP contribution >= 0.6 is 0 Å². The summed E-state index contributed by atoms with van der Waals surface area (Å²) in [4.78, 5) is 23.0. The first-order valence-electron chi connectivity index (χ1n) is 7.51. The highest BCUT2D eigenvalue weighted by molar-refractivity contribution is 5.82. The Bertz CT molecular complexity index is 607. The lowest BCUT2D eigenvalue weighted by molar-refractivity contribution is -0.152. The summed E-state index contributed by atoms with van der Waals surface area (Å²) in [6.45, 7) is 1.76. The zero-order valence-corrected chi connectivity index (χ0v) is 12.9. The fourth-order valence-electron chi connectivity index (χ4n) is 2.38. The molecular formula is C17H20O6. The Morgan fingerprint density at radius 1 is 1.39 bits per heavy atom. The van der Waals surface area contributed by atoms with Crippen LogP contribution in [0.5, 0.6) is 11.5 Å². The summed E-state index contributed by atoms with van der Waals surface area (Å²) in [7, 11) is 0. The van der Waals surface area contributed by atoms with E-state index in [1.165, 1.54) is 18.2 Å². The number of aryl methyl sites for hydroxylation is 1. The second-order valence-electron chi connectivity index (χ2n) is 5.56. The number of hydrogen-bond acceptors (Lipinski definition) is 6. The molecule has 0 saturated carbocycles. The van der Waals surface area contributed by atoms with E-state index < -0.39 is 0 Å². The molecule has 0 unspecified atom stereocenters.